The number of pyridine rings is 1. The summed E-state index contributed by atoms with van der Waals surface area (Å²) in [7, 11) is 9.70. The van der Waals surface area contributed by atoms with Gasteiger partial charge in [0.15, 0.2) is 11.1 Å². The molecule has 2 aromatic rings. The van der Waals surface area contributed by atoms with E-state index in [1.54, 1.807) is 18.4 Å². The average Bonchev–Trinajstić information content (AvgIpc) is 3.04. The first-order valence-corrected chi connectivity index (χ1v) is 8.57. The molecule has 0 saturated heterocycles. The molecule has 0 aromatic carbocycles. The SMILES string of the molecule is CN=C(NCc1cccc(N(C)C)n1)NCc1csc(N(C)C)n1.I. The van der Waals surface area contributed by atoms with Crippen molar-refractivity contribution in [2.24, 2.45) is 4.99 Å². The van der Waals surface area contributed by atoms with Crippen molar-refractivity contribution in [2.75, 3.05) is 45.0 Å². The Morgan fingerprint density at radius 1 is 1.04 bits per heavy atom. The van der Waals surface area contributed by atoms with E-state index in [4.69, 9.17) is 0 Å². The highest BCUT2D eigenvalue weighted by molar-refractivity contribution is 14.0. The maximum atomic E-state index is 4.58. The van der Waals surface area contributed by atoms with Crippen molar-refractivity contribution in [3.05, 3.63) is 35.0 Å². The van der Waals surface area contributed by atoms with Crippen LogP contribution in [-0.2, 0) is 13.1 Å². The van der Waals surface area contributed by atoms with Gasteiger partial charge in [0.1, 0.15) is 5.82 Å². The fourth-order valence-electron chi connectivity index (χ4n) is 1.97. The topological polar surface area (TPSA) is 68.7 Å². The van der Waals surface area contributed by atoms with Crippen molar-refractivity contribution in [1.82, 2.24) is 20.6 Å². The molecule has 2 aromatic heterocycles. The van der Waals surface area contributed by atoms with Crippen molar-refractivity contribution in [3.8, 4) is 0 Å². The third-order valence-corrected chi connectivity index (χ3v) is 4.33. The first-order valence-electron chi connectivity index (χ1n) is 7.69. The number of guanidine groups is 1. The molecule has 138 valence electrons. The molecule has 25 heavy (non-hydrogen) atoms. The first kappa shape index (κ1) is 21.4. The minimum atomic E-state index is 0. The smallest absolute Gasteiger partial charge is 0.191 e. The summed E-state index contributed by atoms with van der Waals surface area (Å²) in [5.41, 5.74) is 1.96. The van der Waals surface area contributed by atoms with Crippen molar-refractivity contribution in [2.45, 2.75) is 13.1 Å². The van der Waals surface area contributed by atoms with Gasteiger partial charge in [0.25, 0.3) is 0 Å². The summed E-state index contributed by atoms with van der Waals surface area (Å²) in [5.74, 6) is 1.67. The van der Waals surface area contributed by atoms with E-state index < -0.39 is 0 Å². The summed E-state index contributed by atoms with van der Waals surface area (Å²) >= 11 is 1.63. The van der Waals surface area contributed by atoms with Crippen LogP contribution in [0.2, 0.25) is 0 Å². The molecular weight excluding hydrogens is 449 g/mol. The number of nitrogens with one attached hydrogen (secondary N) is 2. The van der Waals surface area contributed by atoms with Gasteiger partial charge in [0, 0.05) is 40.6 Å². The van der Waals surface area contributed by atoms with Gasteiger partial charge in [-0.3, -0.25) is 4.99 Å². The van der Waals surface area contributed by atoms with Gasteiger partial charge in [0.2, 0.25) is 0 Å². The lowest BCUT2D eigenvalue weighted by molar-refractivity contribution is 0.784. The zero-order chi connectivity index (χ0) is 17.5. The third-order valence-electron chi connectivity index (χ3n) is 3.27. The lowest BCUT2D eigenvalue weighted by Gasteiger charge is -2.14. The number of thiazole rings is 1. The molecule has 0 aliphatic rings. The van der Waals surface area contributed by atoms with E-state index in [1.807, 2.05) is 56.2 Å². The van der Waals surface area contributed by atoms with Crippen molar-refractivity contribution in [1.29, 1.82) is 0 Å². The summed E-state index contributed by atoms with van der Waals surface area (Å²) < 4.78 is 0. The lowest BCUT2D eigenvalue weighted by Crippen LogP contribution is -2.36. The van der Waals surface area contributed by atoms with Crippen molar-refractivity contribution < 1.29 is 0 Å². The van der Waals surface area contributed by atoms with Crippen LogP contribution < -0.4 is 20.4 Å². The van der Waals surface area contributed by atoms with Gasteiger partial charge in [-0.2, -0.15) is 0 Å². The minimum Gasteiger partial charge on any atom is -0.363 e. The Morgan fingerprint density at radius 3 is 2.28 bits per heavy atom. The fraction of sp³-hybridized carbons (Fsp3) is 0.438. The molecule has 9 heteroatoms. The summed E-state index contributed by atoms with van der Waals surface area (Å²) in [5, 5.41) is 9.60. The quantitative estimate of drug-likeness (QED) is 0.379. The number of aliphatic imine (C=N–C) groups is 1. The van der Waals surface area contributed by atoms with Crippen LogP contribution in [-0.4, -0.2) is 51.2 Å². The molecule has 0 bridgehead atoms. The second kappa shape index (κ2) is 10.4. The molecule has 0 radical (unpaired) electrons. The summed E-state index contributed by atoms with van der Waals surface area (Å²) in [6, 6.07) is 5.99. The van der Waals surface area contributed by atoms with Gasteiger partial charge in [0.05, 0.1) is 24.5 Å². The number of halogens is 1. The molecule has 2 heterocycles. The molecule has 0 atom stereocenters. The Labute approximate surface area is 170 Å². The number of aromatic nitrogens is 2. The summed E-state index contributed by atoms with van der Waals surface area (Å²) in [6.07, 6.45) is 0. The fourth-order valence-corrected chi connectivity index (χ4v) is 2.72. The molecule has 7 nitrogen and oxygen atoms in total. The van der Waals surface area contributed by atoms with Gasteiger partial charge < -0.3 is 20.4 Å². The molecule has 0 amide bonds. The van der Waals surface area contributed by atoms with Gasteiger partial charge in [-0.05, 0) is 12.1 Å². The zero-order valence-electron chi connectivity index (χ0n) is 15.3. The van der Waals surface area contributed by atoms with Crippen LogP contribution in [0.15, 0.2) is 28.6 Å². The van der Waals surface area contributed by atoms with E-state index in [-0.39, 0.29) is 24.0 Å². The van der Waals surface area contributed by atoms with E-state index in [2.05, 4.69) is 31.0 Å². The van der Waals surface area contributed by atoms with Crippen LogP contribution in [0.4, 0.5) is 10.9 Å². The second-order valence-corrected chi connectivity index (χ2v) is 6.51. The highest BCUT2D eigenvalue weighted by Gasteiger charge is 2.05. The van der Waals surface area contributed by atoms with Crippen LogP contribution in [0, 0.1) is 0 Å². The normalized spacial score (nSPS) is 10.8. The minimum absolute atomic E-state index is 0. The van der Waals surface area contributed by atoms with Gasteiger partial charge in [-0.1, -0.05) is 6.07 Å². The average molecular weight is 475 g/mol. The highest BCUT2D eigenvalue weighted by Crippen LogP contribution is 2.17. The summed E-state index contributed by atoms with van der Waals surface area (Å²) in [4.78, 5) is 17.4. The van der Waals surface area contributed by atoms with Crippen molar-refractivity contribution in [3.63, 3.8) is 0 Å². The van der Waals surface area contributed by atoms with E-state index in [0.717, 1.165) is 28.3 Å². The molecule has 2 N–H and O–H groups in total. The zero-order valence-corrected chi connectivity index (χ0v) is 18.4. The molecule has 0 aliphatic heterocycles. The van der Waals surface area contributed by atoms with Gasteiger partial charge in [-0.15, -0.1) is 35.3 Å². The largest absolute Gasteiger partial charge is 0.363 e. The Kier molecular flexibility index (Phi) is 8.90. The molecule has 0 spiro atoms. The Bertz CT molecular complexity index is 685. The molecule has 0 unspecified atom stereocenters. The van der Waals surface area contributed by atoms with E-state index in [1.165, 1.54) is 0 Å². The molecular formula is C16H26IN7S. The maximum Gasteiger partial charge on any atom is 0.191 e. The Balaban J connectivity index is 0.00000312. The molecule has 2 rings (SSSR count). The van der Waals surface area contributed by atoms with Crippen LogP contribution in [0.1, 0.15) is 11.4 Å². The first-order chi connectivity index (χ1) is 11.5. The van der Waals surface area contributed by atoms with Crippen LogP contribution in [0.25, 0.3) is 0 Å². The number of hydrogen-bond acceptors (Lipinski definition) is 6. The van der Waals surface area contributed by atoms with E-state index in [0.29, 0.717) is 13.1 Å². The second-order valence-electron chi connectivity index (χ2n) is 5.68. The van der Waals surface area contributed by atoms with Crippen LogP contribution in [0.5, 0.6) is 0 Å². The molecule has 0 aliphatic carbocycles. The maximum absolute atomic E-state index is 4.58. The summed E-state index contributed by atoms with van der Waals surface area (Å²) in [6.45, 7) is 1.25. The number of anilines is 2. The Morgan fingerprint density at radius 2 is 1.72 bits per heavy atom. The predicted octanol–water partition coefficient (Wildman–Crippen LogP) is 2.15. The number of nitrogens with zero attached hydrogens (tertiary/aromatic N) is 5. The highest BCUT2D eigenvalue weighted by atomic mass is 127. The van der Waals surface area contributed by atoms with Gasteiger partial charge >= 0.3 is 0 Å². The predicted molar refractivity (Wildman–Crippen MR) is 117 cm³/mol. The molecule has 0 fully saturated rings. The number of rotatable bonds is 6. The molecule has 0 saturated carbocycles. The van der Waals surface area contributed by atoms with E-state index >= 15 is 0 Å². The number of hydrogen-bond donors (Lipinski definition) is 2. The monoisotopic (exact) mass is 475 g/mol. The van der Waals surface area contributed by atoms with E-state index in [9.17, 15) is 0 Å². The Hall–Kier alpha value is -1.62. The van der Waals surface area contributed by atoms with Crippen LogP contribution in [0.3, 0.4) is 0 Å². The van der Waals surface area contributed by atoms with Crippen LogP contribution >= 0.6 is 35.3 Å². The lowest BCUT2D eigenvalue weighted by atomic mass is 10.3. The third kappa shape index (κ3) is 6.65. The standard InChI is InChI=1S/C16H25N7S.HI/c1-17-15(19-10-13-11-24-16(21-13)23(4)5)18-9-12-7-6-8-14(20-12)22(2)3;/h6-8,11H,9-10H2,1-5H3,(H2,17,18,19);1H. The van der Waals surface area contributed by atoms with Crippen molar-refractivity contribution >= 4 is 52.2 Å². The van der Waals surface area contributed by atoms with Gasteiger partial charge in [-0.25, -0.2) is 9.97 Å².